The predicted molar refractivity (Wildman–Crippen MR) is 94.0 cm³/mol. The van der Waals surface area contributed by atoms with Crippen molar-refractivity contribution in [2.75, 3.05) is 44.8 Å². The van der Waals surface area contributed by atoms with Crippen molar-refractivity contribution >= 4 is 23.4 Å². The molecule has 2 aliphatic heterocycles. The summed E-state index contributed by atoms with van der Waals surface area (Å²) in [5.41, 5.74) is -0.122. The maximum atomic E-state index is 12.7. The van der Waals surface area contributed by atoms with Gasteiger partial charge in [-0.25, -0.2) is 0 Å². The van der Waals surface area contributed by atoms with E-state index in [2.05, 4.69) is 5.32 Å². The average molecular weight is 361 g/mol. The number of morpholine rings is 1. The van der Waals surface area contributed by atoms with Gasteiger partial charge in [0.1, 0.15) is 5.75 Å². The smallest absolute Gasteiger partial charge is 0.280 e. The van der Waals surface area contributed by atoms with E-state index >= 15 is 0 Å². The largest absolute Gasteiger partial charge is 0.466 e. The van der Waals surface area contributed by atoms with Crippen molar-refractivity contribution in [3.8, 4) is 5.75 Å². The van der Waals surface area contributed by atoms with Gasteiger partial charge in [0.15, 0.2) is 0 Å². The number of amides is 3. The lowest BCUT2D eigenvalue weighted by atomic mass is 10.00. The van der Waals surface area contributed by atoms with Gasteiger partial charge in [0.2, 0.25) is 5.91 Å². The van der Waals surface area contributed by atoms with Gasteiger partial charge in [0.25, 0.3) is 17.4 Å². The number of nitrogens with zero attached hydrogens (tertiary/aromatic N) is 2. The third-order valence-corrected chi connectivity index (χ3v) is 4.70. The number of anilines is 1. The number of hydrogen-bond donors (Lipinski definition) is 1. The van der Waals surface area contributed by atoms with Gasteiger partial charge in [0, 0.05) is 20.1 Å². The van der Waals surface area contributed by atoms with Gasteiger partial charge in [-0.05, 0) is 31.5 Å². The third-order valence-electron chi connectivity index (χ3n) is 4.70. The van der Waals surface area contributed by atoms with Gasteiger partial charge in [-0.2, -0.15) is 0 Å². The Morgan fingerprint density at radius 1 is 1.27 bits per heavy atom. The fraction of sp³-hybridized carbons (Fsp3) is 0.500. The molecule has 1 fully saturated rings. The number of benzene rings is 1. The molecule has 3 amide bonds. The molecule has 2 heterocycles. The summed E-state index contributed by atoms with van der Waals surface area (Å²) in [4.78, 5) is 40.6. The van der Waals surface area contributed by atoms with Crippen molar-refractivity contribution in [1.82, 2.24) is 10.2 Å². The molecule has 1 aromatic carbocycles. The van der Waals surface area contributed by atoms with Crippen LogP contribution in [-0.2, 0) is 19.1 Å². The van der Waals surface area contributed by atoms with E-state index in [1.165, 1.54) is 11.8 Å². The molecule has 1 unspecified atom stereocenters. The lowest BCUT2D eigenvalue weighted by Gasteiger charge is -2.38. The van der Waals surface area contributed by atoms with Crippen LogP contribution in [-0.4, -0.2) is 68.1 Å². The van der Waals surface area contributed by atoms with Crippen molar-refractivity contribution in [2.24, 2.45) is 0 Å². The average Bonchev–Trinajstić information content (AvgIpc) is 2.65. The summed E-state index contributed by atoms with van der Waals surface area (Å²) in [7, 11) is 1.60. The molecule has 1 N–H and O–H groups in total. The Balaban J connectivity index is 1.71. The van der Waals surface area contributed by atoms with Crippen molar-refractivity contribution < 1.29 is 23.9 Å². The van der Waals surface area contributed by atoms with Gasteiger partial charge in [-0.3, -0.25) is 14.4 Å². The van der Waals surface area contributed by atoms with Gasteiger partial charge < -0.3 is 24.6 Å². The maximum Gasteiger partial charge on any atom is 0.280 e. The second-order valence-corrected chi connectivity index (χ2v) is 6.65. The molecule has 0 bridgehead atoms. The number of nitrogens with one attached hydrogen (secondary N) is 1. The number of fused-ring (bicyclic) bond motifs is 1. The molecule has 140 valence electrons. The quantitative estimate of drug-likeness (QED) is 0.771. The van der Waals surface area contributed by atoms with Crippen molar-refractivity contribution in [2.45, 2.75) is 19.4 Å². The number of ether oxygens (including phenoxy) is 2. The van der Waals surface area contributed by atoms with Crippen LogP contribution in [0.25, 0.3) is 0 Å². The lowest BCUT2D eigenvalue weighted by Crippen LogP contribution is -2.62. The van der Waals surface area contributed by atoms with Gasteiger partial charge in [0.05, 0.1) is 25.4 Å². The predicted octanol–water partition coefficient (Wildman–Crippen LogP) is 0.0839. The van der Waals surface area contributed by atoms with Crippen molar-refractivity contribution in [3.05, 3.63) is 23.8 Å². The molecule has 0 aromatic heterocycles. The third kappa shape index (κ3) is 3.24. The minimum Gasteiger partial charge on any atom is -0.466 e. The molecule has 8 heteroatoms. The van der Waals surface area contributed by atoms with Crippen LogP contribution in [0, 0.1) is 6.92 Å². The highest BCUT2D eigenvalue weighted by Crippen LogP contribution is 2.37. The second-order valence-electron chi connectivity index (χ2n) is 6.65. The Bertz CT molecular complexity index is 744. The lowest BCUT2D eigenvalue weighted by molar-refractivity contribution is -0.149. The van der Waals surface area contributed by atoms with Crippen LogP contribution in [0.15, 0.2) is 18.2 Å². The summed E-state index contributed by atoms with van der Waals surface area (Å²) in [6, 6.07) is 5.41. The Kier molecular flexibility index (Phi) is 4.86. The molecule has 1 aromatic rings. The summed E-state index contributed by atoms with van der Waals surface area (Å²) in [5.74, 6) is -0.873. The highest BCUT2D eigenvalue weighted by atomic mass is 16.5. The summed E-state index contributed by atoms with van der Waals surface area (Å²) in [6.45, 7) is 5.11. The van der Waals surface area contributed by atoms with E-state index in [1.807, 2.05) is 19.1 Å². The Morgan fingerprint density at radius 2 is 1.96 bits per heavy atom. The maximum absolute atomic E-state index is 12.7. The number of carbonyl (C=O) groups excluding carboxylic acids is 3. The van der Waals surface area contributed by atoms with Gasteiger partial charge >= 0.3 is 0 Å². The Hall–Kier alpha value is -2.61. The molecule has 8 nitrogen and oxygen atoms in total. The molecular weight excluding hydrogens is 338 g/mol. The number of aryl methyl sites for hydroxylation is 1. The summed E-state index contributed by atoms with van der Waals surface area (Å²) in [5, 5.41) is 2.54. The zero-order chi connectivity index (χ0) is 18.9. The number of rotatable bonds is 3. The normalized spacial score (nSPS) is 22.5. The molecule has 1 atom stereocenters. The van der Waals surface area contributed by atoms with Crippen LogP contribution in [0.4, 0.5) is 5.69 Å². The fourth-order valence-electron chi connectivity index (χ4n) is 3.06. The van der Waals surface area contributed by atoms with Crippen LogP contribution in [0.2, 0.25) is 0 Å². The molecule has 0 aliphatic carbocycles. The monoisotopic (exact) mass is 361 g/mol. The zero-order valence-corrected chi connectivity index (χ0v) is 15.2. The first-order valence-corrected chi connectivity index (χ1v) is 8.54. The molecule has 0 spiro atoms. The van der Waals surface area contributed by atoms with E-state index in [0.29, 0.717) is 37.7 Å². The van der Waals surface area contributed by atoms with Crippen molar-refractivity contribution in [3.63, 3.8) is 0 Å². The molecule has 26 heavy (non-hydrogen) atoms. The van der Waals surface area contributed by atoms with E-state index in [0.717, 1.165) is 5.56 Å². The highest BCUT2D eigenvalue weighted by Gasteiger charge is 2.49. The second kappa shape index (κ2) is 6.95. The first kappa shape index (κ1) is 18.2. The van der Waals surface area contributed by atoms with Gasteiger partial charge in [-0.1, -0.05) is 6.07 Å². The number of likely N-dealkylation sites (N-methyl/N-ethyl adjacent to an activating group) is 1. The summed E-state index contributed by atoms with van der Waals surface area (Å²) in [6.07, 6.45) is 0. The zero-order valence-electron chi connectivity index (χ0n) is 15.2. The van der Waals surface area contributed by atoms with Crippen LogP contribution in [0.1, 0.15) is 12.5 Å². The Morgan fingerprint density at radius 3 is 2.65 bits per heavy atom. The van der Waals surface area contributed by atoms with Crippen LogP contribution in [0.3, 0.4) is 0 Å². The number of carbonyl (C=O) groups is 3. The van der Waals surface area contributed by atoms with Crippen LogP contribution >= 0.6 is 0 Å². The van der Waals surface area contributed by atoms with E-state index < -0.39 is 17.4 Å². The molecule has 0 radical (unpaired) electrons. The molecule has 0 saturated carbocycles. The van der Waals surface area contributed by atoms with E-state index in [4.69, 9.17) is 9.47 Å². The minimum atomic E-state index is -1.72. The summed E-state index contributed by atoms with van der Waals surface area (Å²) < 4.78 is 11.0. The first-order chi connectivity index (χ1) is 12.3. The van der Waals surface area contributed by atoms with Gasteiger partial charge in [-0.15, -0.1) is 0 Å². The SMILES string of the molecule is Cc1ccc2c(c1)N(C)C(=O)C(C)(C(=O)NCC(=O)N1CCOCC1)O2. The topological polar surface area (TPSA) is 88.2 Å². The summed E-state index contributed by atoms with van der Waals surface area (Å²) >= 11 is 0. The van der Waals surface area contributed by atoms with E-state index in [9.17, 15) is 14.4 Å². The van der Waals surface area contributed by atoms with Crippen molar-refractivity contribution in [1.29, 1.82) is 0 Å². The molecule has 2 aliphatic rings. The standard InChI is InChI=1S/C18H23N3O5/c1-12-4-5-14-13(10-12)20(3)17(24)18(2,26-14)16(23)19-11-15(22)21-6-8-25-9-7-21/h4-5,10H,6-9,11H2,1-3H3,(H,19,23). The number of hydrogen-bond acceptors (Lipinski definition) is 5. The van der Waals surface area contributed by atoms with E-state index in [1.54, 1.807) is 18.0 Å². The molecule has 1 saturated heterocycles. The minimum absolute atomic E-state index is 0.185. The van der Waals surface area contributed by atoms with Crippen LogP contribution < -0.4 is 15.0 Å². The Labute approximate surface area is 152 Å². The molecule has 3 rings (SSSR count). The first-order valence-electron chi connectivity index (χ1n) is 8.54. The van der Waals surface area contributed by atoms with Crippen LogP contribution in [0.5, 0.6) is 5.75 Å². The van der Waals surface area contributed by atoms with E-state index in [-0.39, 0.29) is 12.5 Å². The highest BCUT2D eigenvalue weighted by molar-refractivity contribution is 6.16. The molecular formula is C18H23N3O5. The fourth-order valence-corrected chi connectivity index (χ4v) is 3.06.